The zero-order valence-electron chi connectivity index (χ0n) is 13.4. The van der Waals surface area contributed by atoms with E-state index in [0.29, 0.717) is 0 Å². The molecule has 0 aromatic carbocycles. The molecule has 3 nitrogen and oxygen atoms in total. The second kappa shape index (κ2) is 17.5. The molecule has 1 aliphatic rings. The number of rotatable bonds is 0. The van der Waals surface area contributed by atoms with E-state index in [0.717, 1.165) is 0 Å². The molecule has 1 saturated carbocycles. The summed E-state index contributed by atoms with van der Waals surface area (Å²) in [6, 6.07) is 5.25. The van der Waals surface area contributed by atoms with E-state index >= 15 is 0 Å². The Morgan fingerprint density at radius 2 is 0.652 bits per heavy atom. The first kappa shape index (κ1) is 38.0. The third-order valence-electron chi connectivity index (χ3n) is 1.25. The Morgan fingerprint density at radius 1 is 0.609 bits per heavy atom. The largest absolute Gasteiger partial charge is 2.00 e. The molecule has 1 rings (SSSR count). The van der Waals surface area contributed by atoms with Gasteiger partial charge < -0.3 is 7.43 Å². The van der Waals surface area contributed by atoms with E-state index in [1.54, 1.807) is 18.2 Å². The summed E-state index contributed by atoms with van der Waals surface area (Å²) in [6.07, 6.45) is 7.50. The van der Waals surface area contributed by atoms with Crippen molar-refractivity contribution < 1.29 is 44.7 Å². The predicted molar refractivity (Wildman–Crippen MR) is 76.9 cm³/mol. The molecular formula is C12H22F6N3PRu. The van der Waals surface area contributed by atoms with Gasteiger partial charge in [-0.2, -0.15) is 15.8 Å². The van der Waals surface area contributed by atoms with Crippen LogP contribution < -0.4 is 0 Å². The fourth-order valence-electron chi connectivity index (χ4n) is 0.884. The third kappa shape index (κ3) is 457. The molecule has 0 unspecified atom stereocenters. The molecule has 0 spiro atoms. The van der Waals surface area contributed by atoms with E-state index in [4.69, 9.17) is 15.8 Å². The van der Waals surface area contributed by atoms with Gasteiger partial charge in [-0.1, -0.05) is 32.1 Å². The molecule has 0 aromatic heterocycles. The van der Waals surface area contributed by atoms with Crippen LogP contribution in [0.15, 0.2) is 0 Å². The molecule has 11 heteroatoms. The van der Waals surface area contributed by atoms with Gasteiger partial charge in [0, 0.05) is 20.8 Å². The van der Waals surface area contributed by atoms with Crippen LogP contribution in [-0.4, -0.2) is 0 Å². The van der Waals surface area contributed by atoms with Crippen molar-refractivity contribution in [3.8, 4) is 18.2 Å². The Hall–Kier alpha value is -0.897. The summed E-state index contributed by atoms with van der Waals surface area (Å²) in [5.74, 6) is 0. The topological polar surface area (TPSA) is 71.4 Å². The zero-order valence-corrected chi connectivity index (χ0v) is 16.1. The molecular weight excluding hydrogens is 432 g/mol. The van der Waals surface area contributed by atoms with Crippen LogP contribution in [0, 0.1) is 41.4 Å². The number of halogens is 6. The van der Waals surface area contributed by atoms with Gasteiger partial charge in [0.05, 0.1) is 18.2 Å². The standard InChI is InChI=1S/C5H10.3C2H3N.CH3.F6P.Ru/c1-2-4-5-3-1;3*1-2-3;;1-7(2,3,4,5)6;/h1-5H2;3*1H3;1H3;;/q;;;;2*-1;+2. The predicted octanol–water partition coefficient (Wildman–Crippen LogP) is 7.37. The quantitative estimate of drug-likeness (QED) is 0.166. The van der Waals surface area contributed by atoms with Gasteiger partial charge in [-0.05, 0) is 0 Å². The van der Waals surface area contributed by atoms with Crippen molar-refractivity contribution in [3.63, 3.8) is 0 Å². The smallest absolute Gasteiger partial charge is 0.358 e. The fourth-order valence-corrected chi connectivity index (χ4v) is 0.884. The molecule has 140 valence electrons. The van der Waals surface area contributed by atoms with Crippen LogP contribution in [0.2, 0.25) is 0 Å². The minimum Gasteiger partial charge on any atom is -0.358 e. The van der Waals surface area contributed by atoms with Crippen molar-refractivity contribution in [2.24, 2.45) is 0 Å². The second-order valence-electron chi connectivity index (χ2n) is 3.40. The minimum absolute atomic E-state index is 0. The second-order valence-corrected chi connectivity index (χ2v) is 5.31. The van der Waals surface area contributed by atoms with Gasteiger partial charge >= 0.3 is 52.5 Å². The molecule has 0 N–H and O–H groups in total. The van der Waals surface area contributed by atoms with Crippen molar-refractivity contribution in [1.82, 2.24) is 0 Å². The number of nitrogens with zero attached hydrogens (tertiary/aromatic N) is 3. The molecule has 0 amide bonds. The van der Waals surface area contributed by atoms with Crippen molar-refractivity contribution in [3.05, 3.63) is 7.43 Å². The Balaban J connectivity index is -0.0000000405. The average Bonchev–Trinajstić information content (AvgIpc) is 2.72. The third-order valence-corrected chi connectivity index (χ3v) is 1.25. The normalized spacial score (nSPS) is 13.3. The van der Waals surface area contributed by atoms with Crippen LogP contribution in [0.5, 0.6) is 0 Å². The van der Waals surface area contributed by atoms with Crippen molar-refractivity contribution in [1.29, 1.82) is 15.8 Å². The van der Waals surface area contributed by atoms with Gasteiger partial charge in [-0.25, -0.2) is 0 Å². The first-order valence-electron chi connectivity index (χ1n) is 5.69. The number of hydrogen-bond acceptors (Lipinski definition) is 3. The first-order chi connectivity index (χ1) is 9.19. The molecule has 0 saturated heterocycles. The summed E-state index contributed by atoms with van der Waals surface area (Å²) >= 11 is 0. The van der Waals surface area contributed by atoms with Crippen molar-refractivity contribution in [2.45, 2.75) is 52.9 Å². The molecule has 1 aliphatic carbocycles. The van der Waals surface area contributed by atoms with Crippen molar-refractivity contribution >= 4 is 7.81 Å². The Morgan fingerprint density at radius 3 is 0.696 bits per heavy atom. The summed E-state index contributed by atoms with van der Waals surface area (Å²) in [6.45, 7) is 4.29. The SMILES string of the molecule is C1CCCC1.CC#N.CC#N.CC#N.F[P-](F)(F)(F)(F)F.[CH3-].[Ru+2]. The Labute approximate surface area is 147 Å². The van der Waals surface area contributed by atoms with E-state index < -0.39 is 7.81 Å². The first-order valence-corrected chi connectivity index (χ1v) is 7.71. The van der Waals surface area contributed by atoms with E-state index in [2.05, 4.69) is 0 Å². The van der Waals surface area contributed by atoms with Gasteiger partial charge in [-0.15, -0.1) is 0 Å². The summed E-state index contributed by atoms with van der Waals surface area (Å²) in [4.78, 5) is 0. The maximum atomic E-state index is 9.87. The van der Waals surface area contributed by atoms with Gasteiger partial charge in [-0.3, -0.25) is 0 Å². The Kier molecular flexibility index (Phi) is 28.8. The molecule has 0 radical (unpaired) electrons. The fraction of sp³-hybridized carbons (Fsp3) is 0.667. The molecule has 1 fully saturated rings. The molecule has 23 heavy (non-hydrogen) atoms. The molecule has 0 aromatic rings. The molecule has 0 aliphatic heterocycles. The van der Waals surface area contributed by atoms with E-state index in [-0.39, 0.29) is 26.9 Å². The van der Waals surface area contributed by atoms with Crippen LogP contribution in [0.3, 0.4) is 0 Å². The van der Waals surface area contributed by atoms with E-state index in [1.807, 2.05) is 0 Å². The summed E-state index contributed by atoms with van der Waals surface area (Å²) < 4.78 is 59.2. The number of hydrogen-bond donors (Lipinski definition) is 0. The van der Waals surface area contributed by atoms with Gasteiger partial charge in [0.15, 0.2) is 0 Å². The summed E-state index contributed by atoms with van der Waals surface area (Å²) in [7, 11) is -10.7. The Bertz CT molecular complexity index is 312. The van der Waals surface area contributed by atoms with Crippen molar-refractivity contribution in [2.75, 3.05) is 0 Å². The molecule has 0 atom stereocenters. The van der Waals surface area contributed by atoms with Gasteiger partial charge in [0.25, 0.3) is 0 Å². The summed E-state index contributed by atoms with van der Waals surface area (Å²) in [5.41, 5.74) is 0. The van der Waals surface area contributed by atoms with Crippen LogP contribution in [0.25, 0.3) is 0 Å². The monoisotopic (exact) mass is 455 g/mol. The van der Waals surface area contributed by atoms with E-state index in [9.17, 15) is 25.2 Å². The summed E-state index contributed by atoms with van der Waals surface area (Å²) in [5, 5.41) is 22.0. The molecule has 0 bridgehead atoms. The maximum Gasteiger partial charge on any atom is 2.00 e. The van der Waals surface area contributed by atoms with Crippen LogP contribution in [-0.2, 0) is 19.5 Å². The maximum absolute atomic E-state index is 10.7. The van der Waals surface area contributed by atoms with E-state index in [1.165, 1.54) is 52.9 Å². The van der Waals surface area contributed by atoms with Gasteiger partial charge in [0.2, 0.25) is 0 Å². The zero-order chi connectivity index (χ0) is 18.1. The van der Waals surface area contributed by atoms with Crippen LogP contribution in [0.1, 0.15) is 52.9 Å². The van der Waals surface area contributed by atoms with Crippen LogP contribution in [0.4, 0.5) is 25.2 Å². The van der Waals surface area contributed by atoms with Crippen LogP contribution >= 0.6 is 7.81 Å². The van der Waals surface area contributed by atoms with Gasteiger partial charge in [0.1, 0.15) is 0 Å². The molecule has 0 heterocycles. The minimum atomic E-state index is -10.7. The average molecular weight is 454 g/mol. The number of nitriles is 3.